The molecule has 0 fully saturated rings. The van der Waals surface area contributed by atoms with Crippen molar-refractivity contribution in [2.45, 2.75) is 33.7 Å². The van der Waals surface area contributed by atoms with Crippen LogP contribution >= 0.6 is 0 Å². The third-order valence-corrected chi connectivity index (χ3v) is 2.73. The number of hydrogen-bond acceptors (Lipinski definition) is 2. The Hall–Kier alpha value is -2.10. The van der Waals surface area contributed by atoms with Gasteiger partial charge in [-0.3, -0.25) is 9.59 Å². The van der Waals surface area contributed by atoms with Gasteiger partial charge in [-0.15, -0.1) is 0 Å². The molecule has 0 spiro atoms. The predicted octanol–water partition coefficient (Wildman–Crippen LogP) is 2.51. The molecule has 0 aliphatic heterocycles. The fourth-order valence-corrected chi connectivity index (χ4v) is 1.46. The zero-order valence-electron chi connectivity index (χ0n) is 13.3. The summed E-state index contributed by atoms with van der Waals surface area (Å²) >= 11 is 0. The van der Waals surface area contributed by atoms with Gasteiger partial charge in [0.05, 0.1) is 0 Å². The molecule has 0 aliphatic carbocycles. The molecule has 0 aromatic rings. The van der Waals surface area contributed by atoms with E-state index in [-0.39, 0.29) is 23.8 Å². The largest absolute Gasteiger partial charge is 0.350 e. The molecule has 0 aromatic heterocycles. The number of carbonyl (C=O) groups is 2. The van der Waals surface area contributed by atoms with E-state index in [4.69, 9.17) is 0 Å². The van der Waals surface area contributed by atoms with Crippen molar-refractivity contribution in [2.24, 2.45) is 5.92 Å². The van der Waals surface area contributed by atoms with E-state index in [2.05, 4.69) is 10.6 Å². The Morgan fingerprint density at radius 1 is 0.905 bits per heavy atom. The van der Waals surface area contributed by atoms with Crippen LogP contribution in [-0.2, 0) is 9.59 Å². The monoisotopic (exact) mass is 290 g/mol. The average molecular weight is 290 g/mol. The van der Waals surface area contributed by atoms with Gasteiger partial charge in [-0.1, -0.05) is 50.3 Å². The Balaban J connectivity index is 4.37. The van der Waals surface area contributed by atoms with Gasteiger partial charge in [0.1, 0.15) is 0 Å². The third-order valence-electron chi connectivity index (χ3n) is 2.73. The quantitative estimate of drug-likeness (QED) is 0.533. The molecule has 0 aromatic carbocycles. The number of carbonyl (C=O) groups excluding carboxylic acids is 2. The highest BCUT2D eigenvalue weighted by molar-refractivity contribution is 5.89. The minimum atomic E-state index is -0.169. The molecular weight excluding hydrogens is 264 g/mol. The lowest BCUT2D eigenvalue weighted by Gasteiger charge is -2.21. The van der Waals surface area contributed by atoms with E-state index in [1.54, 1.807) is 24.3 Å². The molecule has 0 heterocycles. The molecule has 0 saturated carbocycles. The molecule has 4 heteroatoms. The second-order valence-corrected chi connectivity index (χ2v) is 4.87. The van der Waals surface area contributed by atoms with Gasteiger partial charge in [-0.25, -0.2) is 0 Å². The molecule has 4 nitrogen and oxygen atoms in total. The second-order valence-electron chi connectivity index (χ2n) is 4.87. The van der Waals surface area contributed by atoms with E-state index in [1.165, 1.54) is 12.2 Å². The Kier molecular flexibility index (Phi) is 10.5. The third kappa shape index (κ3) is 10.4. The van der Waals surface area contributed by atoms with Crippen LogP contribution in [0.1, 0.15) is 27.7 Å². The number of amides is 2. The maximum absolute atomic E-state index is 11.7. The first-order valence-electron chi connectivity index (χ1n) is 7.18. The van der Waals surface area contributed by atoms with Gasteiger partial charge in [0.25, 0.3) is 0 Å². The van der Waals surface area contributed by atoms with Crippen molar-refractivity contribution in [3.8, 4) is 0 Å². The molecule has 2 amide bonds. The van der Waals surface area contributed by atoms with Crippen molar-refractivity contribution in [1.82, 2.24) is 10.6 Å². The summed E-state index contributed by atoms with van der Waals surface area (Å²) in [7, 11) is 0. The minimum Gasteiger partial charge on any atom is -0.350 e. The maximum Gasteiger partial charge on any atom is 0.244 e. The molecule has 116 valence electrons. The van der Waals surface area contributed by atoms with Crippen LogP contribution in [0.2, 0.25) is 0 Å². The first-order chi connectivity index (χ1) is 10.0. The summed E-state index contributed by atoms with van der Waals surface area (Å²) in [6.07, 6.45) is 13.6. The van der Waals surface area contributed by atoms with Crippen LogP contribution in [-0.4, -0.2) is 24.4 Å². The first-order valence-corrected chi connectivity index (χ1v) is 7.18. The molecule has 1 atom stereocenters. The van der Waals surface area contributed by atoms with Gasteiger partial charge in [-0.2, -0.15) is 0 Å². The van der Waals surface area contributed by atoms with Crippen LogP contribution in [0.5, 0.6) is 0 Å². The van der Waals surface area contributed by atoms with Crippen LogP contribution in [0, 0.1) is 5.92 Å². The lowest BCUT2D eigenvalue weighted by molar-refractivity contribution is -0.119. The van der Waals surface area contributed by atoms with E-state index in [0.717, 1.165) is 0 Å². The van der Waals surface area contributed by atoms with Gasteiger partial charge in [0.2, 0.25) is 11.8 Å². The van der Waals surface area contributed by atoms with Gasteiger partial charge < -0.3 is 10.6 Å². The van der Waals surface area contributed by atoms with Crippen LogP contribution < -0.4 is 10.6 Å². The summed E-state index contributed by atoms with van der Waals surface area (Å²) in [5.41, 5.74) is 0. The summed E-state index contributed by atoms with van der Waals surface area (Å²) in [4.78, 5) is 23.3. The minimum absolute atomic E-state index is 0.105. The molecule has 0 bridgehead atoms. The second kappa shape index (κ2) is 11.7. The Bertz CT molecular complexity index is 432. The molecule has 21 heavy (non-hydrogen) atoms. The summed E-state index contributed by atoms with van der Waals surface area (Å²) in [5, 5.41) is 5.67. The maximum atomic E-state index is 11.7. The molecule has 0 rings (SSSR count). The average Bonchev–Trinajstić information content (AvgIpc) is 2.43. The van der Waals surface area contributed by atoms with Crippen molar-refractivity contribution in [2.75, 3.05) is 6.54 Å². The van der Waals surface area contributed by atoms with Crippen molar-refractivity contribution in [1.29, 1.82) is 0 Å². The fourth-order valence-electron chi connectivity index (χ4n) is 1.46. The highest BCUT2D eigenvalue weighted by atomic mass is 16.2. The van der Waals surface area contributed by atoms with Crippen molar-refractivity contribution in [3.63, 3.8) is 0 Å². The van der Waals surface area contributed by atoms with E-state index >= 15 is 0 Å². The van der Waals surface area contributed by atoms with Gasteiger partial charge in [0, 0.05) is 24.7 Å². The highest BCUT2D eigenvalue weighted by Crippen LogP contribution is 2.00. The normalized spacial score (nSPS) is 13.8. The molecule has 0 radical (unpaired) electrons. The first kappa shape index (κ1) is 18.9. The van der Waals surface area contributed by atoms with Gasteiger partial charge >= 0.3 is 0 Å². The molecular formula is C17H26N2O2. The standard InChI is InChI=1S/C17H26N2O2/c1-5-7-9-11-16(20)18-13-15(14(3)4)19-17(21)12-10-8-6-2/h5-12,14-15H,13H2,1-4H3,(H,18,20)(H,19,21)/b7-5+,8-6+,11-9+,12-10+. The Morgan fingerprint density at radius 2 is 1.43 bits per heavy atom. The van der Waals surface area contributed by atoms with E-state index in [9.17, 15) is 9.59 Å². The highest BCUT2D eigenvalue weighted by Gasteiger charge is 2.15. The van der Waals surface area contributed by atoms with Gasteiger partial charge in [0.15, 0.2) is 0 Å². The van der Waals surface area contributed by atoms with Crippen LogP contribution in [0.15, 0.2) is 48.6 Å². The smallest absolute Gasteiger partial charge is 0.244 e. The number of allylic oxidation sites excluding steroid dienone is 6. The lowest BCUT2D eigenvalue weighted by Crippen LogP contribution is -2.45. The van der Waals surface area contributed by atoms with E-state index in [1.807, 2.05) is 39.8 Å². The van der Waals surface area contributed by atoms with Crippen LogP contribution in [0.25, 0.3) is 0 Å². The Morgan fingerprint density at radius 3 is 1.90 bits per heavy atom. The summed E-state index contributed by atoms with van der Waals surface area (Å²) < 4.78 is 0. The number of nitrogens with one attached hydrogen (secondary N) is 2. The molecule has 0 aliphatic rings. The summed E-state index contributed by atoms with van der Waals surface area (Å²) in [6, 6.07) is -0.105. The predicted molar refractivity (Wildman–Crippen MR) is 87.7 cm³/mol. The van der Waals surface area contributed by atoms with E-state index in [0.29, 0.717) is 6.54 Å². The summed E-state index contributed by atoms with van der Waals surface area (Å²) in [6.45, 7) is 8.18. The summed E-state index contributed by atoms with van der Waals surface area (Å²) in [5.74, 6) is -0.105. The molecule has 2 N–H and O–H groups in total. The zero-order valence-corrected chi connectivity index (χ0v) is 13.3. The zero-order chi connectivity index (χ0) is 16.1. The van der Waals surface area contributed by atoms with Crippen molar-refractivity contribution < 1.29 is 9.59 Å². The van der Waals surface area contributed by atoms with E-state index < -0.39 is 0 Å². The number of rotatable bonds is 8. The lowest BCUT2D eigenvalue weighted by atomic mass is 10.0. The Labute approximate surface area is 127 Å². The molecule has 1 unspecified atom stereocenters. The molecule has 0 saturated heterocycles. The fraction of sp³-hybridized carbons (Fsp3) is 0.412. The van der Waals surface area contributed by atoms with Crippen LogP contribution in [0.3, 0.4) is 0 Å². The SMILES string of the molecule is C/C=C/C=C/C(=O)NCC(NC(=O)/C=C/C=C/C)C(C)C. The topological polar surface area (TPSA) is 58.2 Å². The van der Waals surface area contributed by atoms with Crippen LogP contribution in [0.4, 0.5) is 0 Å². The number of hydrogen-bond donors (Lipinski definition) is 2. The van der Waals surface area contributed by atoms with Crippen molar-refractivity contribution >= 4 is 11.8 Å². The van der Waals surface area contributed by atoms with Crippen molar-refractivity contribution in [3.05, 3.63) is 48.6 Å². The van der Waals surface area contributed by atoms with Gasteiger partial charge in [-0.05, 0) is 19.8 Å².